The minimum atomic E-state index is 0.234. The van der Waals surface area contributed by atoms with Crippen LogP contribution in [0.2, 0.25) is 0 Å². The highest BCUT2D eigenvalue weighted by atomic mass is 16.5. The van der Waals surface area contributed by atoms with Gasteiger partial charge in [0.05, 0.1) is 7.11 Å². The van der Waals surface area contributed by atoms with Gasteiger partial charge >= 0.3 is 0 Å². The summed E-state index contributed by atoms with van der Waals surface area (Å²) in [5.41, 5.74) is 5.19. The van der Waals surface area contributed by atoms with E-state index >= 15 is 0 Å². The van der Waals surface area contributed by atoms with Crippen LogP contribution in [0.15, 0.2) is 42.5 Å². The lowest BCUT2D eigenvalue weighted by Gasteiger charge is -2.23. The van der Waals surface area contributed by atoms with Gasteiger partial charge in [-0.1, -0.05) is 36.4 Å². The Bertz CT molecular complexity index is 606. The molecule has 0 spiro atoms. The largest absolute Gasteiger partial charge is 0.496 e. The first-order valence-electron chi connectivity index (χ1n) is 7.49. The third kappa shape index (κ3) is 3.64. The van der Waals surface area contributed by atoms with Gasteiger partial charge in [-0.3, -0.25) is 0 Å². The summed E-state index contributed by atoms with van der Waals surface area (Å²) in [5, 5.41) is 3.65. The van der Waals surface area contributed by atoms with Crippen molar-refractivity contribution >= 4 is 0 Å². The summed E-state index contributed by atoms with van der Waals surface area (Å²) in [6, 6.07) is 15.4. The van der Waals surface area contributed by atoms with Crippen molar-refractivity contribution in [2.24, 2.45) is 0 Å². The summed E-state index contributed by atoms with van der Waals surface area (Å²) in [7, 11) is 1.72. The van der Waals surface area contributed by atoms with Gasteiger partial charge < -0.3 is 10.1 Å². The van der Waals surface area contributed by atoms with E-state index in [9.17, 15) is 0 Å². The number of rotatable bonds is 5. The van der Waals surface area contributed by atoms with E-state index in [2.05, 4.69) is 63.3 Å². The van der Waals surface area contributed by atoms with E-state index in [1.807, 2.05) is 12.1 Å². The van der Waals surface area contributed by atoms with Crippen molar-refractivity contribution in [3.05, 3.63) is 64.7 Å². The van der Waals surface area contributed by atoms with E-state index in [1.54, 1.807) is 7.11 Å². The van der Waals surface area contributed by atoms with Gasteiger partial charge in [0, 0.05) is 17.6 Å². The van der Waals surface area contributed by atoms with Gasteiger partial charge in [-0.25, -0.2) is 0 Å². The van der Waals surface area contributed by atoms with Gasteiger partial charge in [0.15, 0.2) is 0 Å². The molecule has 2 rings (SSSR count). The maximum Gasteiger partial charge on any atom is 0.123 e. The van der Waals surface area contributed by atoms with Crippen molar-refractivity contribution in [1.82, 2.24) is 5.32 Å². The van der Waals surface area contributed by atoms with Gasteiger partial charge in [-0.2, -0.15) is 0 Å². The maximum absolute atomic E-state index is 5.45. The second-order valence-electron chi connectivity index (χ2n) is 5.70. The predicted molar refractivity (Wildman–Crippen MR) is 88.9 cm³/mol. The number of aryl methyl sites for hydroxylation is 2. The Morgan fingerprint density at radius 3 is 2.29 bits per heavy atom. The Morgan fingerprint density at radius 2 is 1.62 bits per heavy atom. The zero-order chi connectivity index (χ0) is 15.4. The molecule has 1 N–H and O–H groups in total. The Morgan fingerprint density at radius 1 is 0.905 bits per heavy atom. The lowest BCUT2D eigenvalue weighted by Crippen LogP contribution is -2.23. The molecule has 0 bridgehead atoms. The molecule has 112 valence electrons. The number of hydrogen-bond acceptors (Lipinski definition) is 2. The fourth-order valence-corrected chi connectivity index (χ4v) is 2.62. The summed E-state index contributed by atoms with van der Waals surface area (Å²) >= 11 is 0. The monoisotopic (exact) mass is 283 g/mol. The summed E-state index contributed by atoms with van der Waals surface area (Å²) in [6.07, 6.45) is 0. The van der Waals surface area contributed by atoms with Crippen LogP contribution < -0.4 is 10.1 Å². The third-order valence-corrected chi connectivity index (χ3v) is 4.14. The smallest absolute Gasteiger partial charge is 0.123 e. The summed E-state index contributed by atoms with van der Waals surface area (Å²) < 4.78 is 5.45. The van der Waals surface area contributed by atoms with Gasteiger partial charge in [0.25, 0.3) is 0 Å². The second-order valence-corrected chi connectivity index (χ2v) is 5.70. The van der Waals surface area contributed by atoms with E-state index < -0.39 is 0 Å². The predicted octanol–water partition coefficient (Wildman–Crippen LogP) is 4.72. The van der Waals surface area contributed by atoms with Gasteiger partial charge in [0.2, 0.25) is 0 Å². The second kappa shape index (κ2) is 6.77. The number of hydrogen-bond donors (Lipinski definition) is 1. The molecule has 0 saturated carbocycles. The average molecular weight is 283 g/mol. The van der Waals surface area contributed by atoms with Crippen molar-refractivity contribution in [3.63, 3.8) is 0 Å². The fourth-order valence-electron chi connectivity index (χ4n) is 2.62. The molecule has 2 atom stereocenters. The van der Waals surface area contributed by atoms with Crippen LogP contribution in [0.3, 0.4) is 0 Å². The SMILES string of the molecule is COc1ccccc1[C@@H](C)NC(C)c1ccc(C)c(C)c1. The Hall–Kier alpha value is -1.80. The molecule has 0 aromatic heterocycles. The molecular weight excluding hydrogens is 258 g/mol. The molecule has 0 aliphatic heterocycles. The fraction of sp³-hybridized carbons (Fsp3) is 0.368. The highest BCUT2D eigenvalue weighted by Gasteiger charge is 2.14. The molecule has 2 aromatic carbocycles. The van der Waals surface area contributed by atoms with Gasteiger partial charge in [0.1, 0.15) is 5.75 Å². The van der Waals surface area contributed by atoms with Crippen LogP contribution >= 0.6 is 0 Å². The quantitative estimate of drug-likeness (QED) is 0.857. The van der Waals surface area contributed by atoms with Crippen molar-refractivity contribution in [2.45, 2.75) is 39.8 Å². The average Bonchev–Trinajstić information content (AvgIpc) is 2.49. The van der Waals surface area contributed by atoms with Crippen LogP contribution in [0.5, 0.6) is 5.75 Å². The molecule has 2 heteroatoms. The lowest BCUT2D eigenvalue weighted by molar-refractivity contribution is 0.396. The van der Waals surface area contributed by atoms with E-state index in [0.717, 1.165) is 5.75 Å². The number of methoxy groups -OCH3 is 1. The molecule has 0 saturated heterocycles. The molecular formula is C19H25NO. The number of benzene rings is 2. The zero-order valence-electron chi connectivity index (χ0n) is 13.6. The van der Waals surface area contributed by atoms with Crippen LogP contribution in [0.4, 0.5) is 0 Å². The summed E-state index contributed by atoms with van der Waals surface area (Å²) in [5.74, 6) is 0.935. The first kappa shape index (κ1) is 15.6. The van der Waals surface area contributed by atoms with E-state index in [4.69, 9.17) is 4.74 Å². The van der Waals surface area contributed by atoms with Crippen molar-refractivity contribution in [2.75, 3.05) is 7.11 Å². The van der Waals surface area contributed by atoms with Gasteiger partial charge in [-0.05, 0) is 50.5 Å². The van der Waals surface area contributed by atoms with Crippen molar-refractivity contribution in [3.8, 4) is 5.75 Å². The van der Waals surface area contributed by atoms with Crippen LogP contribution in [-0.4, -0.2) is 7.11 Å². The minimum absolute atomic E-state index is 0.234. The molecule has 2 aromatic rings. The Balaban J connectivity index is 2.14. The minimum Gasteiger partial charge on any atom is -0.496 e. The summed E-state index contributed by atoms with van der Waals surface area (Å²) in [6.45, 7) is 8.69. The number of para-hydroxylation sites is 1. The van der Waals surface area contributed by atoms with Crippen LogP contribution in [0.1, 0.15) is 48.2 Å². The highest BCUT2D eigenvalue weighted by Crippen LogP contribution is 2.27. The van der Waals surface area contributed by atoms with E-state index in [-0.39, 0.29) is 6.04 Å². The third-order valence-electron chi connectivity index (χ3n) is 4.14. The zero-order valence-corrected chi connectivity index (χ0v) is 13.6. The maximum atomic E-state index is 5.45. The van der Waals surface area contributed by atoms with Gasteiger partial charge in [-0.15, -0.1) is 0 Å². The first-order valence-corrected chi connectivity index (χ1v) is 7.49. The highest BCUT2D eigenvalue weighted by molar-refractivity contribution is 5.36. The Labute approximate surface area is 128 Å². The normalized spacial score (nSPS) is 13.8. The van der Waals surface area contributed by atoms with Crippen LogP contribution in [-0.2, 0) is 0 Å². The topological polar surface area (TPSA) is 21.3 Å². The molecule has 0 aliphatic carbocycles. The van der Waals surface area contributed by atoms with Crippen molar-refractivity contribution in [1.29, 1.82) is 0 Å². The van der Waals surface area contributed by atoms with Crippen LogP contribution in [0, 0.1) is 13.8 Å². The Kier molecular flexibility index (Phi) is 5.03. The molecule has 2 nitrogen and oxygen atoms in total. The molecule has 0 heterocycles. The number of nitrogens with one attached hydrogen (secondary N) is 1. The first-order chi connectivity index (χ1) is 10.0. The molecule has 0 aliphatic rings. The molecule has 1 unspecified atom stereocenters. The molecule has 21 heavy (non-hydrogen) atoms. The number of ether oxygens (including phenoxy) is 1. The standard InChI is InChI=1S/C19H25NO/c1-13-10-11-17(12-14(13)2)15(3)20-16(4)18-8-6-7-9-19(18)21-5/h6-12,15-16,20H,1-5H3/t15?,16-/m1/s1. The van der Waals surface area contributed by atoms with E-state index in [1.165, 1.54) is 22.3 Å². The molecule has 0 fully saturated rings. The summed E-state index contributed by atoms with van der Waals surface area (Å²) in [4.78, 5) is 0. The molecule has 0 amide bonds. The van der Waals surface area contributed by atoms with E-state index in [0.29, 0.717) is 6.04 Å². The molecule has 0 radical (unpaired) electrons. The lowest BCUT2D eigenvalue weighted by atomic mass is 10.00. The van der Waals surface area contributed by atoms with Crippen molar-refractivity contribution < 1.29 is 4.74 Å². The van der Waals surface area contributed by atoms with Crippen LogP contribution in [0.25, 0.3) is 0 Å².